The third kappa shape index (κ3) is 5.09. The highest BCUT2D eigenvalue weighted by Crippen LogP contribution is 2.08. The smallest absolute Gasteiger partial charge is 0.338 e. The SMILES string of the molecule is O=C(OCCI)c1cccc(C(=O)OCCI)c1. The van der Waals surface area contributed by atoms with Gasteiger partial charge in [0.15, 0.2) is 0 Å². The summed E-state index contributed by atoms with van der Waals surface area (Å²) < 4.78 is 11.5. The van der Waals surface area contributed by atoms with Crippen molar-refractivity contribution >= 4 is 57.1 Å². The first kappa shape index (κ1) is 15.7. The van der Waals surface area contributed by atoms with E-state index in [2.05, 4.69) is 45.2 Å². The van der Waals surface area contributed by atoms with Gasteiger partial charge in [-0.1, -0.05) is 51.2 Å². The molecule has 0 aliphatic carbocycles. The predicted molar refractivity (Wildman–Crippen MR) is 84.8 cm³/mol. The van der Waals surface area contributed by atoms with Crippen LogP contribution in [0.1, 0.15) is 20.7 Å². The number of ether oxygens (including phenoxy) is 2. The number of esters is 2. The number of alkyl halides is 2. The van der Waals surface area contributed by atoms with E-state index in [0.29, 0.717) is 24.3 Å². The third-order valence-electron chi connectivity index (χ3n) is 1.95. The van der Waals surface area contributed by atoms with E-state index in [1.165, 1.54) is 6.07 Å². The second-order valence-electron chi connectivity index (χ2n) is 3.23. The van der Waals surface area contributed by atoms with Gasteiger partial charge in [0.05, 0.1) is 11.1 Å². The third-order valence-corrected chi connectivity index (χ3v) is 2.84. The molecule has 0 N–H and O–H groups in total. The maximum Gasteiger partial charge on any atom is 0.338 e. The molecule has 0 spiro atoms. The van der Waals surface area contributed by atoms with Gasteiger partial charge in [-0.2, -0.15) is 0 Å². The Morgan fingerprint density at radius 1 is 0.944 bits per heavy atom. The second kappa shape index (κ2) is 8.68. The molecule has 98 valence electrons. The number of hydrogen-bond donors (Lipinski definition) is 0. The van der Waals surface area contributed by atoms with Crippen molar-refractivity contribution in [1.29, 1.82) is 0 Å². The van der Waals surface area contributed by atoms with Crippen LogP contribution >= 0.6 is 45.2 Å². The van der Waals surface area contributed by atoms with Gasteiger partial charge in [0.2, 0.25) is 0 Å². The molecule has 0 unspecified atom stereocenters. The van der Waals surface area contributed by atoms with Crippen molar-refractivity contribution in [3.63, 3.8) is 0 Å². The van der Waals surface area contributed by atoms with E-state index in [9.17, 15) is 9.59 Å². The lowest BCUT2D eigenvalue weighted by molar-refractivity contribution is 0.0531. The van der Waals surface area contributed by atoms with Crippen molar-refractivity contribution in [2.24, 2.45) is 0 Å². The predicted octanol–water partition coefficient (Wildman–Crippen LogP) is 2.87. The second-order valence-corrected chi connectivity index (χ2v) is 5.39. The summed E-state index contributed by atoms with van der Waals surface area (Å²) in [6.45, 7) is 0.728. The Morgan fingerprint density at radius 3 is 1.78 bits per heavy atom. The standard InChI is InChI=1S/C12H12I2O4/c13-4-6-17-11(15)9-2-1-3-10(8-9)12(16)18-7-5-14/h1-3,8H,4-7H2. The van der Waals surface area contributed by atoms with Crippen molar-refractivity contribution in [1.82, 2.24) is 0 Å². The molecule has 0 radical (unpaired) electrons. The number of hydrogen-bond acceptors (Lipinski definition) is 4. The average Bonchev–Trinajstić information content (AvgIpc) is 2.42. The van der Waals surface area contributed by atoms with Gasteiger partial charge >= 0.3 is 11.9 Å². The Morgan fingerprint density at radius 2 is 1.39 bits per heavy atom. The Hall–Kier alpha value is -0.380. The van der Waals surface area contributed by atoms with Crippen LogP contribution in [0.4, 0.5) is 0 Å². The molecule has 0 bridgehead atoms. The van der Waals surface area contributed by atoms with E-state index >= 15 is 0 Å². The Bertz CT molecular complexity index is 385. The number of rotatable bonds is 6. The molecular weight excluding hydrogens is 462 g/mol. The van der Waals surface area contributed by atoms with Crippen LogP contribution < -0.4 is 0 Å². The first-order valence-corrected chi connectivity index (χ1v) is 8.30. The minimum absolute atomic E-state index is 0.364. The van der Waals surface area contributed by atoms with Gasteiger partial charge in [-0.05, 0) is 18.2 Å². The fourth-order valence-electron chi connectivity index (χ4n) is 1.20. The molecule has 0 saturated carbocycles. The zero-order valence-corrected chi connectivity index (χ0v) is 13.8. The molecule has 0 aliphatic rings. The van der Waals surface area contributed by atoms with E-state index in [1.54, 1.807) is 18.2 Å². The van der Waals surface area contributed by atoms with Gasteiger partial charge in [-0.25, -0.2) is 9.59 Å². The Balaban J connectivity index is 2.72. The lowest BCUT2D eigenvalue weighted by Crippen LogP contribution is -2.10. The Labute approximate surface area is 133 Å². The molecular formula is C12H12I2O4. The molecule has 0 saturated heterocycles. The lowest BCUT2D eigenvalue weighted by Gasteiger charge is -2.05. The van der Waals surface area contributed by atoms with Crippen LogP contribution in [0.3, 0.4) is 0 Å². The molecule has 0 atom stereocenters. The maximum absolute atomic E-state index is 11.6. The average molecular weight is 474 g/mol. The van der Waals surface area contributed by atoms with Gasteiger partial charge in [0, 0.05) is 8.86 Å². The maximum atomic E-state index is 11.6. The Kier molecular flexibility index (Phi) is 7.56. The van der Waals surface area contributed by atoms with Crippen molar-refractivity contribution in [2.45, 2.75) is 0 Å². The van der Waals surface area contributed by atoms with Crippen LogP contribution in [0.15, 0.2) is 24.3 Å². The summed E-state index contributed by atoms with van der Waals surface area (Å²) in [4.78, 5) is 23.2. The largest absolute Gasteiger partial charge is 0.461 e. The van der Waals surface area contributed by atoms with Crippen molar-refractivity contribution in [3.8, 4) is 0 Å². The number of benzene rings is 1. The summed E-state index contributed by atoms with van der Waals surface area (Å²) in [5.41, 5.74) is 0.729. The molecule has 1 rings (SSSR count). The van der Waals surface area contributed by atoms with Crippen LogP contribution in [0.5, 0.6) is 0 Å². The zero-order valence-electron chi connectivity index (χ0n) is 9.53. The summed E-state index contributed by atoms with van der Waals surface area (Å²) in [5, 5.41) is 0. The minimum atomic E-state index is -0.421. The van der Waals surface area contributed by atoms with E-state index < -0.39 is 11.9 Å². The molecule has 4 nitrogen and oxygen atoms in total. The van der Waals surface area contributed by atoms with Gasteiger partial charge in [0.1, 0.15) is 13.2 Å². The molecule has 6 heteroatoms. The van der Waals surface area contributed by atoms with Crippen molar-refractivity contribution in [3.05, 3.63) is 35.4 Å². The normalized spacial score (nSPS) is 9.89. The number of carbonyl (C=O) groups excluding carboxylic acids is 2. The highest BCUT2D eigenvalue weighted by molar-refractivity contribution is 14.1. The van der Waals surface area contributed by atoms with E-state index in [0.717, 1.165) is 8.86 Å². The first-order valence-electron chi connectivity index (χ1n) is 5.25. The highest BCUT2D eigenvalue weighted by atomic mass is 127. The van der Waals surface area contributed by atoms with Crippen molar-refractivity contribution < 1.29 is 19.1 Å². The van der Waals surface area contributed by atoms with E-state index in [1.807, 2.05) is 0 Å². The van der Waals surface area contributed by atoms with E-state index in [4.69, 9.17) is 9.47 Å². The van der Waals surface area contributed by atoms with Crippen LogP contribution in [-0.2, 0) is 9.47 Å². The molecule has 0 fully saturated rings. The molecule has 1 aromatic rings. The quantitative estimate of drug-likeness (QED) is 0.362. The van der Waals surface area contributed by atoms with Crippen LogP contribution in [0.2, 0.25) is 0 Å². The van der Waals surface area contributed by atoms with Gasteiger partial charge < -0.3 is 9.47 Å². The topological polar surface area (TPSA) is 52.6 Å². The van der Waals surface area contributed by atoms with Crippen LogP contribution in [0, 0.1) is 0 Å². The van der Waals surface area contributed by atoms with E-state index in [-0.39, 0.29) is 0 Å². The molecule has 1 aromatic carbocycles. The van der Waals surface area contributed by atoms with Crippen LogP contribution in [-0.4, -0.2) is 34.0 Å². The lowest BCUT2D eigenvalue weighted by atomic mass is 10.1. The molecule has 0 aliphatic heterocycles. The molecule has 0 amide bonds. The minimum Gasteiger partial charge on any atom is -0.461 e. The fraction of sp³-hybridized carbons (Fsp3) is 0.333. The first-order chi connectivity index (χ1) is 8.69. The van der Waals surface area contributed by atoms with Gasteiger partial charge in [-0.3, -0.25) is 0 Å². The van der Waals surface area contributed by atoms with Gasteiger partial charge in [0.25, 0.3) is 0 Å². The van der Waals surface area contributed by atoms with Crippen molar-refractivity contribution in [2.75, 3.05) is 22.1 Å². The zero-order chi connectivity index (χ0) is 13.4. The number of carbonyl (C=O) groups is 2. The number of halogens is 2. The summed E-state index contributed by atoms with van der Waals surface area (Å²) in [5.74, 6) is -0.842. The summed E-state index contributed by atoms with van der Waals surface area (Å²) in [7, 11) is 0. The summed E-state index contributed by atoms with van der Waals surface area (Å²) in [6, 6.07) is 6.36. The monoisotopic (exact) mass is 474 g/mol. The molecule has 0 heterocycles. The summed E-state index contributed by atoms with van der Waals surface area (Å²) in [6.07, 6.45) is 0. The van der Waals surface area contributed by atoms with Gasteiger partial charge in [-0.15, -0.1) is 0 Å². The molecule has 18 heavy (non-hydrogen) atoms. The molecule has 0 aromatic heterocycles. The highest BCUT2D eigenvalue weighted by Gasteiger charge is 2.12. The van der Waals surface area contributed by atoms with Crippen LogP contribution in [0.25, 0.3) is 0 Å². The fourth-order valence-corrected chi connectivity index (χ4v) is 1.64. The summed E-state index contributed by atoms with van der Waals surface area (Å²) >= 11 is 4.24.